The van der Waals surface area contributed by atoms with Crippen molar-refractivity contribution in [1.82, 2.24) is 4.57 Å². The minimum Gasteiger partial charge on any atom is -0.234 e. The molecule has 1 aromatic heterocycles. The second kappa shape index (κ2) is 24.9. The average molecular weight is 490 g/mol. The van der Waals surface area contributed by atoms with E-state index >= 15 is 0 Å². The Morgan fingerprint density at radius 1 is 0.486 bits per heavy atom. The lowest BCUT2D eigenvalue weighted by molar-refractivity contribution is -0.704. The number of imidazole rings is 1. The molecule has 0 radical (unpaired) electrons. The summed E-state index contributed by atoms with van der Waals surface area (Å²) in [6.45, 7) is 9.38. The zero-order chi connectivity index (χ0) is 25.2. The molecule has 0 aromatic carbocycles. The lowest BCUT2D eigenvalue weighted by Crippen LogP contribution is -2.37. The van der Waals surface area contributed by atoms with E-state index in [2.05, 4.69) is 42.3 Å². The minimum atomic E-state index is 1.22. The van der Waals surface area contributed by atoms with Gasteiger partial charge in [0.1, 0.15) is 12.4 Å². The minimum absolute atomic E-state index is 1.22. The van der Waals surface area contributed by atoms with Gasteiger partial charge in [-0.05, 0) is 32.1 Å². The highest BCUT2D eigenvalue weighted by molar-refractivity contribution is 4.84. The molecule has 1 aromatic rings. The smallest absolute Gasteiger partial charge is 0.234 e. The summed E-state index contributed by atoms with van der Waals surface area (Å²) in [5.74, 6) is 1.59. The van der Waals surface area contributed by atoms with Crippen LogP contribution in [0.5, 0.6) is 0 Å². The average Bonchev–Trinajstić information content (AvgIpc) is 3.25. The SMILES string of the molecule is CCCCCCCCCCCCCCCCCn1cc[n+](CCCCCCCCC)c1CCCC. The topological polar surface area (TPSA) is 8.81 Å². The summed E-state index contributed by atoms with van der Waals surface area (Å²) in [6, 6.07) is 0. The van der Waals surface area contributed by atoms with Gasteiger partial charge in [-0.3, -0.25) is 0 Å². The second-order valence-corrected chi connectivity index (χ2v) is 11.3. The number of aromatic nitrogens is 2. The second-order valence-electron chi connectivity index (χ2n) is 11.3. The van der Waals surface area contributed by atoms with Crippen molar-refractivity contribution in [3.63, 3.8) is 0 Å². The lowest BCUT2D eigenvalue weighted by Gasteiger charge is -2.06. The van der Waals surface area contributed by atoms with Crippen LogP contribution in [0.2, 0.25) is 0 Å². The van der Waals surface area contributed by atoms with E-state index in [1.807, 2.05) is 0 Å². The third kappa shape index (κ3) is 18.2. The molecule has 0 saturated carbocycles. The molecule has 0 unspecified atom stereocenters. The van der Waals surface area contributed by atoms with Gasteiger partial charge in [-0.15, -0.1) is 0 Å². The molecule has 0 bridgehead atoms. The van der Waals surface area contributed by atoms with E-state index in [-0.39, 0.29) is 0 Å². The van der Waals surface area contributed by atoms with Crippen molar-refractivity contribution in [3.05, 3.63) is 18.2 Å². The summed E-state index contributed by atoms with van der Waals surface area (Å²) in [7, 11) is 0. The third-order valence-corrected chi connectivity index (χ3v) is 7.85. The van der Waals surface area contributed by atoms with E-state index < -0.39 is 0 Å². The first kappa shape index (κ1) is 32.2. The van der Waals surface area contributed by atoms with Crippen LogP contribution in [0.3, 0.4) is 0 Å². The van der Waals surface area contributed by atoms with Gasteiger partial charge in [-0.25, -0.2) is 9.13 Å². The Morgan fingerprint density at radius 2 is 0.886 bits per heavy atom. The van der Waals surface area contributed by atoms with Crippen molar-refractivity contribution in [1.29, 1.82) is 0 Å². The normalized spacial score (nSPS) is 11.5. The fourth-order valence-corrected chi connectivity index (χ4v) is 5.42. The van der Waals surface area contributed by atoms with Gasteiger partial charge < -0.3 is 0 Å². The number of nitrogens with zero attached hydrogens (tertiary/aromatic N) is 2. The fraction of sp³-hybridized carbons (Fsp3) is 0.909. The zero-order valence-corrected chi connectivity index (χ0v) is 24.6. The number of aryl methyl sites for hydroxylation is 2. The van der Waals surface area contributed by atoms with Gasteiger partial charge in [0, 0.05) is 6.42 Å². The molecule has 0 N–H and O–H groups in total. The highest BCUT2D eigenvalue weighted by Crippen LogP contribution is 2.14. The molecule has 0 spiro atoms. The van der Waals surface area contributed by atoms with Crippen molar-refractivity contribution < 1.29 is 4.57 Å². The standard InChI is InChI=1S/C33H65N2/c1-4-7-10-12-14-15-16-17-18-19-20-21-23-25-27-30-35-32-31-34(33(35)28-9-6-3)29-26-24-22-13-11-8-5-2/h31-32H,4-30H2,1-3H3/q+1. The maximum Gasteiger partial charge on any atom is 0.256 e. The van der Waals surface area contributed by atoms with Crippen molar-refractivity contribution >= 4 is 0 Å². The molecule has 0 saturated heterocycles. The summed E-state index contributed by atoms with van der Waals surface area (Å²) in [6.07, 6.45) is 40.0. The highest BCUT2D eigenvalue weighted by atomic mass is 15.1. The van der Waals surface area contributed by atoms with Crippen LogP contribution in [0.4, 0.5) is 0 Å². The van der Waals surface area contributed by atoms with Gasteiger partial charge in [-0.2, -0.15) is 0 Å². The summed E-state index contributed by atoms with van der Waals surface area (Å²) in [5.41, 5.74) is 0. The maximum absolute atomic E-state index is 2.58. The Kier molecular flexibility index (Phi) is 22.9. The quantitative estimate of drug-likeness (QED) is 0.0858. The van der Waals surface area contributed by atoms with E-state index in [0.717, 1.165) is 0 Å². The summed E-state index contributed by atoms with van der Waals surface area (Å²) in [5, 5.41) is 0. The summed E-state index contributed by atoms with van der Waals surface area (Å²) in [4.78, 5) is 0. The van der Waals surface area contributed by atoms with Crippen LogP contribution in [0.15, 0.2) is 12.4 Å². The Hall–Kier alpha value is -0.790. The van der Waals surface area contributed by atoms with Crippen molar-refractivity contribution in [2.75, 3.05) is 0 Å². The number of hydrogen-bond donors (Lipinski definition) is 0. The number of hydrogen-bond acceptors (Lipinski definition) is 0. The molecule has 0 aliphatic rings. The van der Waals surface area contributed by atoms with Crippen molar-refractivity contribution in [3.8, 4) is 0 Å². The van der Waals surface area contributed by atoms with Gasteiger partial charge in [0.2, 0.25) is 0 Å². The van der Waals surface area contributed by atoms with E-state index in [4.69, 9.17) is 0 Å². The Labute approximate surface area is 221 Å². The molecule has 1 rings (SSSR count). The third-order valence-electron chi connectivity index (χ3n) is 7.85. The lowest BCUT2D eigenvalue weighted by atomic mass is 10.0. The zero-order valence-electron chi connectivity index (χ0n) is 24.6. The molecule has 0 aliphatic heterocycles. The highest BCUT2D eigenvalue weighted by Gasteiger charge is 2.16. The van der Waals surface area contributed by atoms with E-state index in [1.165, 1.54) is 174 Å². The largest absolute Gasteiger partial charge is 0.256 e. The van der Waals surface area contributed by atoms with Gasteiger partial charge in [0.25, 0.3) is 5.82 Å². The number of rotatable bonds is 27. The molecular formula is C33H65N2+. The monoisotopic (exact) mass is 490 g/mol. The van der Waals surface area contributed by atoms with E-state index in [9.17, 15) is 0 Å². The predicted molar refractivity (Wildman–Crippen MR) is 156 cm³/mol. The van der Waals surface area contributed by atoms with Crippen LogP contribution < -0.4 is 4.57 Å². The number of unbranched alkanes of at least 4 members (excludes halogenated alkanes) is 21. The molecule has 0 aliphatic carbocycles. The molecule has 35 heavy (non-hydrogen) atoms. The van der Waals surface area contributed by atoms with Gasteiger partial charge in [-0.1, -0.05) is 143 Å². The predicted octanol–water partition coefficient (Wildman–Crippen LogP) is 10.7. The Bertz CT molecular complexity index is 547. The molecule has 2 heteroatoms. The molecule has 2 nitrogen and oxygen atoms in total. The van der Waals surface area contributed by atoms with Gasteiger partial charge in [0.15, 0.2) is 0 Å². The van der Waals surface area contributed by atoms with Crippen LogP contribution >= 0.6 is 0 Å². The molecule has 206 valence electrons. The van der Waals surface area contributed by atoms with E-state index in [0.29, 0.717) is 0 Å². The van der Waals surface area contributed by atoms with Crippen LogP contribution in [-0.4, -0.2) is 4.57 Å². The Balaban J connectivity index is 2.09. The first-order valence-electron chi connectivity index (χ1n) is 16.4. The first-order chi connectivity index (χ1) is 17.3. The van der Waals surface area contributed by atoms with Gasteiger partial charge in [0.05, 0.1) is 13.1 Å². The first-order valence-corrected chi connectivity index (χ1v) is 16.4. The van der Waals surface area contributed by atoms with Crippen LogP contribution in [0.1, 0.15) is 181 Å². The maximum atomic E-state index is 2.58. The van der Waals surface area contributed by atoms with E-state index in [1.54, 1.807) is 5.82 Å². The molecule has 1 heterocycles. The molecular weight excluding hydrogens is 424 g/mol. The van der Waals surface area contributed by atoms with Crippen molar-refractivity contribution in [2.24, 2.45) is 0 Å². The Morgan fingerprint density at radius 3 is 1.34 bits per heavy atom. The summed E-state index contributed by atoms with van der Waals surface area (Å²) < 4.78 is 5.16. The van der Waals surface area contributed by atoms with Crippen molar-refractivity contribution in [2.45, 2.75) is 194 Å². The molecule has 0 atom stereocenters. The summed E-state index contributed by atoms with van der Waals surface area (Å²) >= 11 is 0. The van der Waals surface area contributed by atoms with Crippen LogP contribution in [0, 0.1) is 0 Å². The van der Waals surface area contributed by atoms with Crippen LogP contribution in [0.25, 0.3) is 0 Å². The van der Waals surface area contributed by atoms with Crippen LogP contribution in [-0.2, 0) is 19.5 Å². The molecule has 0 amide bonds. The molecule has 0 fully saturated rings. The van der Waals surface area contributed by atoms with Gasteiger partial charge >= 0.3 is 0 Å². The fourth-order valence-electron chi connectivity index (χ4n) is 5.42.